The number of aromatic nitrogens is 2. The fourth-order valence-corrected chi connectivity index (χ4v) is 2.40. The average Bonchev–Trinajstić information content (AvgIpc) is 2.81. The lowest BCUT2D eigenvalue weighted by atomic mass is 10.0. The Bertz CT molecular complexity index is 536. The van der Waals surface area contributed by atoms with Crippen molar-refractivity contribution in [3.8, 4) is 0 Å². The highest BCUT2D eigenvalue weighted by Gasteiger charge is 2.19. The Labute approximate surface area is 112 Å². The molecule has 0 radical (unpaired) electrons. The second-order valence-corrected chi connectivity index (χ2v) is 4.60. The van der Waals surface area contributed by atoms with Crippen LogP contribution in [0.5, 0.6) is 0 Å². The molecule has 2 aromatic rings. The SMILES string of the molecule is CCn1nccc1C(NN)c1ccc(C)cc1Cl. The lowest BCUT2D eigenvalue weighted by Gasteiger charge is -2.19. The van der Waals surface area contributed by atoms with Crippen molar-refractivity contribution < 1.29 is 0 Å². The molecule has 18 heavy (non-hydrogen) atoms. The van der Waals surface area contributed by atoms with Gasteiger partial charge in [-0.1, -0.05) is 23.7 Å². The van der Waals surface area contributed by atoms with Gasteiger partial charge in [0, 0.05) is 17.8 Å². The largest absolute Gasteiger partial charge is 0.271 e. The number of benzene rings is 1. The zero-order valence-electron chi connectivity index (χ0n) is 10.5. The average molecular weight is 265 g/mol. The van der Waals surface area contributed by atoms with Crippen LogP contribution in [0.3, 0.4) is 0 Å². The van der Waals surface area contributed by atoms with Crippen LogP contribution in [0.15, 0.2) is 30.5 Å². The van der Waals surface area contributed by atoms with E-state index in [1.807, 2.05) is 42.8 Å². The summed E-state index contributed by atoms with van der Waals surface area (Å²) >= 11 is 6.29. The van der Waals surface area contributed by atoms with Crippen molar-refractivity contribution in [3.05, 3.63) is 52.3 Å². The number of nitrogens with one attached hydrogen (secondary N) is 1. The van der Waals surface area contributed by atoms with Crippen LogP contribution in [-0.2, 0) is 6.54 Å². The molecule has 0 spiro atoms. The zero-order valence-corrected chi connectivity index (χ0v) is 11.3. The Morgan fingerprint density at radius 1 is 1.44 bits per heavy atom. The van der Waals surface area contributed by atoms with Crippen molar-refractivity contribution in [2.75, 3.05) is 0 Å². The highest BCUT2D eigenvalue weighted by atomic mass is 35.5. The molecule has 0 saturated carbocycles. The molecule has 0 saturated heterocycles. The van der Waals surface area contributed by atoms with E-state index in [0.717, 1.165) is 23.4 Å². The third kappa shape index (κ3) is 2.41. The second-order valence-electron chi connectivity index (χ2n) is 4.20. The number of halogens is 1. The molecule has 1 heterocycles. The van der Waals surface area contributed by atoms with Gasteiger partial charge in [0.1, 0.15) is 0 Å². The first-order valence-electron chi connectivity index (χ1n) is 5.91. The van der Waals surface area contributed by atoms with E-state index in [0.29, 0.717) is 5.02 Å². The summed E-state index contributed by atoms with van der Waals surface area (Å²) < 4.78 is 1.90. The number of hydrazine groups is 1. The third-order valence-electron chi connectivity index (χ3n) is 2.98. The van der Waals surface area contributed by atoms with Crippen LogP contribution in [0.4, 0.5) is 0 Å². The van der Waals surface area contributed by atoms with E-state index in [-0.39, 0.29) is 6.04 Å². The maximum absolute atomic E-state index is 6.29. The number of nitrogens with two attached hydrogens (primary N) is 1. The minimum Gasteiger partial charge on any atom is -0.271 e. The molecule has 0 aliphatic rings. The Kier molecular flexibility index (Phi) is 4.01. The van der Waals surface area contributed by atoms with Crippen LogP contribution in [0.2, 0.25) is 5.02 Å². The first-order valence-corrected chi connectivity index (χ1v) is 6.29. The van der Waals surface area contributed by atoms with E-state index in [1.165, 1.54) is 0 Å². The van der Waals surface area contributed by atoms with E-state index >= 15 is 0 Å². The maximum Gasteiger partial charge on any atom is 0.0892 e. The molecule has 0 amide bonds. The van der Waals surface area contributed by atoms with E-state index in [4.69, 9.17) is 17.4 Å². The van der Waals surface area contributed by atoms with Crippen molar-refractivity contribution in [1.82, 2.24) is 15.2 Å². The maximum atomic E-state index is 6.29. The van der Waals surface area contributed by atoms with Gasteiger partial charge in [-0.15, -0.1) is 0 Å². The van der Waals surface area contributed by atoms with E-state index in [2.05, 4.69) is 10.5 Å². The van der Waals surface area contributed by atoms with E-state index in [9.17, 15) is 0 Å². The van der Waals surface area contributed by atoms with Crippen LogP contribution in [0.1, 0.15) is 29.8 Å². The Morgan fingerprint density at radius 2 is 2.22 bits per heavy atom. The normalized spacial score (nSPS) is 12.7. The Hall–Kier alpha value is -1.36. The summed E-state index contributed by atoms with van der Waals surface area (Å²) in [5, 5.41) is 4.96. The molecule has 1 atom stereocenters. The lowest BCUT2D eigenvalue weighted by Crippen LogP contribution is -2.31. The van der Waals surface area contributed by atoms with Gasteiger partial charge in [0.15, 0.2) is 0 Å². The first-order chi connectivity index (χ1) is 8.67. The highest BCUT2D eigenvalue weighted by Crippen LogP contribution is 2.28. The van der Waals surface area contributed by atoms with Gasteiger partial charge >= 0.3 is 0 Å². The van der Waals surface area contributed by atoms with Gasteiger partial charge in [0.2, 0.25) is 0 Å². The molecule has 2 rings (SSSR count). The second kappa shape index (κ2) is 5.52. The Morgan fingerprint density at radius 3 is 2.83 bits per heavy atom. The molecular weight excluding hydrogens is 248 g/mol. The molecule has 3 N–H and O–H groups in total. The van der Waals surface area contributed by atoms with Gasteiger partial charge in [-0.3, -0.25) is 10.5 Å². The van der Waals surface area contributed by atoms with Crippen molar-refractivity contribution >= 4 is 11.6 Å². The van der Waals surface area contributed by atoms with Crippen LogP contribution in [0.25, 0.3) is 0 Å². The standard InChI is InChI=1S/C13H17ClN4/c1-3-18-12(6-7-16-18)13(17-15)10-5-4-9(2)8-11(10)14/h4-8,13,17H,3,15H2,1-2H3. The van der Waals surface area contributed by atoms with Crippen LogP contribution in [0, 0.1) is 6.92 Å². The van der Waals surface area contributed by atoms with Gasteiger partial charge in [-0.25, -0.2) is 5.43 Å². The summed E-state index contributed by atoms with van der Waals surface area (Å²) in [4.78, 5) is 0. The number of rotatable bonds is 4. The minimum absolute atomic E-state index is 0.152. The van der Waals surface area contributed by atoms with Crippen molar-refractivity contribution in [1.29, 1.82) is 0 Å². The van der Waals surface area contributed by atoms with Gasteiger partial charge in [0.25, 0.3) is 0 Å². The molecule has 0 bridgehead atoms. The fourth-order valence-electron chi connectivity index (χ4n) is 2.05. The molecule has 1 aromatic heterocycles. The van der Waals surface area contributed by atoms with Gasteiger partial charge in [0.05, 0.1) is 11.7 Å². The van der Waals surface area contributed by atoms with Gasteiger partial charge in [-0.2, -0.15) is 5.10 Å². The zero-order chi connectivity index (χ0) is 13.1. The third-order valence-corrected chi connectivity index (χ3v) is 3.31. The number of aryl methyl sites for hydroxylation is 2. The summed E-state index contributed by atoms with van der Waals surface area (Å²) in [6.07, 6.45) is 1.77. The lowest BCUT2D eigenvalue weighted by molar-refractivity contribution is 0.543. The van der Waals surface area contributed by atoms with Crippen LogP contribution in [-0.4, -0.2) is 9.78 Å². The van der Waals surface area contributed by atoms with Crippen molar-refractivity contribution in [2.24, 2.45) is 5.84 Å². The monoisotopic (exact) mass is 264 g/mol. The quantitative estimate of drug-likeness (QED) is 0.659. The summed E-state index contributed by atoms with van der Waals surface area (Å²) in [7, 11) is 0. The molecule has 1 aromatic carbocycles. The molecule has 0 aliphatic carbocycles. The molecule has 0 fully saturated rings. The molecule has 0 aliphatic heterocycles. The smallest absolute Gasteiger partial charge is 0.0892 e. The molecule has 1 unspecified atom stereocenters. The van der Waals surface area contributed by atoms with Gasteiger partial charge < -0.3 is 0 Å². The number of hydrogen-bond acceptors (Lipinski definition) is 3. The van der Waals surface area contributed by atoms with Crippen LogP contribution < -0.4 is 11.3 Å². The van der Waals surface area contributed by atoms with E-state index < -0.39 is 0 Å². The molecular formula is C13H17ClN4. The summed E-state index contributed by atoms with van der Waals surface area (Å²) in [5.41, 5.74) is 5.90. The summed E-state index contributed by atoms with van der Waals surface area (Å²) in [5.74, 6) is 5.68. The number of hydrogen-bond donors (Lipinski definition) is 2. The predicted molar refractivity (Wildman–Crippen MR) is 73.3 cm³/mol. The van der Waals surface area contributed by atoms with Crippen molar-refractivity contribution in [3.63, 3.8) is 0 Å². The predicted octanol–water partition coefficient (Wildman–Crippen LogP) is 2.42. The van der Waals surface area contributed by atoms with Crippen LogP contribution >= 0.6 is 11.6 Å². The summed E-state index contributed by atoms with van der Waals surface area (Å²) in [6.45, 7) is 4.85. The molecule has 4 nitrogen and oxygen atoms in total. The van der Waals surface area contributed by atoms with Gasteiger partial charge in [-0.05, 0) is 37.1 Å². The Balaban J connectivity index is 2.45. The highest BCUT2D eigenvalue weighted by molar-refractivity contribution is 6.31. The molecule has 96 valence electrons. The fraction of sp³-hybridized carbons (Fsp3) is 0.308. The van der Waals surface area contributed by atoms with E-state index in [1.54, 1.807) is 6.20 Å². The molecule has 5 heteroatoms. The number of nitrogens with zero attached hydrogens (tertiary/aromatic N) is 2. The van der Waals surface area contributed by atoms with Crippen molar-refractivity contribution in [2.45, 2.75) is 26.4 Å². The minimum atomic E-state index is -0.152. The topological polar surface area (TPSA) is 55.9 Å². The first kappa shape index (κ1) is 13.1. The summed E-state index contributed by atoms with van der Waals surface area (Å²) in [6, 6.07) is 7.76.